The summed E-state index contributed by atoms with van der Waals surface area (Å²) in [6, 6.07) is 8.98. The van der Waals surface area contributed by atoms with Crippen LogP contribution in [-0.2, 0) is 15.8 Å². The molecule has 0 aliphatic carbocycles. The first kappa shape index (κ1) is 14.2. The van der Waals surface area contributed by atoms with E-state index < -0.39 is 10.0 Å². The molecule has 0 aromatic heterocycles. The third-order valence-corrected chi connectivity index (χ3v) is 3.78. The summed E-state index contributed by atoms with van der Waals surface area (Å²) in [5.74, 6) is 0.0110. The molecule has 96 valence electrons. The summed E-state index contributed by atoms with van der Waals surface area (Å²) in [7, 11) is -3.29. The topological polar surface area (TPSA) is 72.2 Å². The van der Waals surface area contributed by atoms with E-state index in [0.717, 1.165) is 5.56 Å². The van der Waals surface area contributed by atoms with Crippen molar-refractivity contribution >= 4 is 10.0 Å². The van der Waals surface area contributed by atoms with Crippen molar-refractivity contribution in [3.05, 3.63) is 35.9 Å². The first-order chi connectivity index (χ1) is 7.89. The SMILES string of the molecule is CC(N)CC(C)NS(=O)(=O)Cc1ccccc1. The molecule has 2 unspecified atom stereocenters. The van der Waals surface area contributed by atoms with Gasteiger partial charge in [0.05, 0.1) is 5.75 Å². The zero-order valence-electron chi connectivity index (χ0n) is 10.3. The van der Waals surface area contributed by atoms with Crippen LogP contribution in [0.5, 0.6) is 0 Å². The van der Waals surface area contributed by atoms with Crippen LogP contribution in [0.3, 0.4) is 0 Å². The number of hydrogen-bond donors (Lipinski definition) is 2. The summed E-state index contributed by atoms with van der Waals surface area (Å²) in [4.78, 5) is 0. The Morgan fingerprint density at radius 1 is 1.24 bits per heavy atom. The first-order valence-corrected chi connectivity index (χ1v) is 7.34. The van der Waals surface area contributed by atoms with E-state index in [-0.39, 0.29) is 17.8 Å². The van der Waals surface area contributed by atoms with Gasteiger partial charge in [-0.05, 0) is 25.8 Å². The van der Waals surface area contributed by atoms with Gasteiger partial charge in [-0.1, -0.05) is 30.3 Å². The normalized spacial score (nSPS) is 15.5. The summed E-state index contributed by atoms with van der Waals surface area (Å²) in [5.41, 5.74) is 6.42. The van der Waals surface area contributed by atoms with E-state index in [0.29, 0.717) is 6.42 Å². The Balaban J connectivity index is 2.58. The molecule has 3 N–H and O–H groups in total. The zero-order valence-corrected chi connectivity index (χ0v) is 11.1. The minimum atomic E-state index is -3.29. The fourth-order valence-electron chi connectivity index (χ4n) is 1.75. The average Bonchev–Trinajstić information content (AvgIpc) is 2.15. The van der Waals surface area contributed by atoms with Gasteiger partial charge >= 0.3 is 0 Å². The van der Waals surface area contributed by atoms with Crippen LogP contribution in [0.4, 0.5) is 0 Å². The van der Waals surface area contributed by atoms with Gasteiger partial charge in [0.25, 0.3) is 0 Å². The van der Waals surface area contributed by atoms with Crippen molar-refractivity contribution in [3.63, 3.8) is 0 Å². The number of rotatable bonds is 6. The minimum Gasteiger partial charge on any atom is -0.328 e. The largest absolute Gasteiger partial charge is 0.328 e. The van der Waals surface area contributed by atoms with Gasteiger partial charge < -0.3 is 5.73 Å². The second kappa shape index (κ2) is 6.14. The molecule has 1 rings (SSSR count). The molecule has 1 aromatic carbocycles. The highest BCUT2D eigenvalue weighted by molar-refractivity contribution is 7.88. The smallest absolute Gasteiger partial charge is 0.216 e. The lowest BCUT2D eigenvalue weighted by Gasteiger charge is -2.16. The van der Waals surface area contributed by atoms with Gasteiger partial charge in [-0.2, -0.15) is 0 Å². The molecule has 0 spiro atoms. The molecule has 0 bridgehead atoms. The fourth-order valence-corrected chi connectivity index (χ4v) is 3.17. The molecule has 1 aromatic rings. The van der Waals surface area contributed by atoms with Crippen molar-refractivity contribution in [2.24, 2.45) is 5.73 Å². The molecule has 0 aliphatic rings. The molecule has 2 atom stereocenters. The maximum atomic E-state index is 11.8. The second-order valence-electron chi connectivity index (χ2n) is 4.48. The third-order valence-electron chi connectivity index (χ3n) is 2.31. The predicted octanol–water partition coefficient (Wildman–Crippen LogP) is 1.23. The molecule has 0 heterocycles. The van der Waals surface area contributed by atoms with Crippen LogP contribution in [0.2, 0.25) is 0 Å². The van der Waals surface area contributed by atoms with Crippen LogP contribution in [-0.4, -0.2) is 20.5 Å². The van der Waals surface area contributed by atoms with Gasteiger partial charge in [0.15, 0.2) is 0 Å². The summed E-state index contributed by atoms with van der Waals surface area (Å²) in [6.45, 7) is 3.69. The maximum Gasteiger partial charge on any atom is 0.216 e. The van der Waals surface area contributed by atoms with Crippen LogP contribution < -0.4 is 10.5 Å². The van der Waals surface area contributed by atoms with E-state index in [2.05, 4.69) is 4.72 Å². The molecule has 0 amide bonds. The molecule has 0 radical (unpaired) electrons. The van der Waals surface area contributed by atoms with Crippen molar-refractivity contribution in [3.8, 4) is 0 Å². The van der Waals surface area contributed by atoms with Gasteiger partial charge in [-0.3, -0.25) is 0 Å². The third kappa shape index (κ3) is 5.81. The van der Waals surface area contributed by atoms with Crippen LogP contribution in [0.1, 0.15) is 25.8 Å². The fraction of sp³-hybridized carbons (Fsp3) is 0.500. The van der Waals surface area contributed by atoms with Crippen molar-refractivity contribution in [2.75, 3.05) is 0 Å². The molecular formula is C12H20N2O2S. The molecule has 5 heteroatoms. The highest BCUT2D eigenvalue weighted by Gasteiger charge is 2.15. The van der Waals surface area contributed by atoms with Crippen molar-refractivity contribution in [2.45, 2.75) is 38.1 Å². The standard InChI is InChI=1S/C12H20N2O2S/c1-10(13)8-11(2)14-17(15,16)9-12-6-4-3-5-7-12/h3-7,10-11,14H,8-9,13H2,1-2H3. The number of nitrogens with one attached hydrogen (secondary N) is 1. The summed E-state index contributed by atoms with van der Waals surface area (Å²) >= 11 is 0. The lowest BCUT2D eigenvalue weighted by molar-refractivity contribution is 0.519. The summed E-state index contributed by atoms with van der Waals surface area (Å²) in [5, 5.41) is 0. The molecule has 0 aliphatic heterocycles. The zero-order chi connectivity index (χ0) is 12.9. The molecule has 17 heavy (non-hydrogen) atoms. The van der Waals surface area contributed by atoms with Crippen molar-refractivity contribution in [1.82, 2.24) is 4.72 Å². The summed E-state index contributed by atoms with van der Waals surface area (Å²) < 4.78 is 26.3. The summed E-state index contributed by atoms with van der Waals surface area (Å²) in [6.07, 6.45) is 0.633. The van der Waals surface area contributed by atoms with Gasteiger partial charge in [0.1, 0.15) is 0 Å². The van der Waals surface area contributed by atoms with Gasteiger partial charge in [-0.15, -0.1) is 0 Å². The Hall–Kier alpha value is -0.910. The lowest BCUT2D eigenvalue weighted by Crippen LogP contribution is -2.37. The number of sulfonamides is 1. The van der Waals surface area contributed by atoms with E-state index in [9.17, 15) is 8.42 Å². The van der Waals surface area contributed by atoms with E-state index in [4.69, 9.17) is 5.73 Å². The Kier molecular flexibility index (Phi) is 5.11. The van der Waals surface area contributed by atoms with E-state index in [1.807, 2.05) is 32.0 Å². The van der Waals surface area contributed by atoms with Crippen LogP contribution in [0, 0.1) is 0 Å². The molecule has 0 saturated heterocycles. The Morgan fingerprint density at radius 2 is 1.82 bits per heavy atom. The highest BCUT2D eigenvalue weighted by atomic mass is 32.2. The average molecular weight is 256 g/mol. The van der Waals surface area contributed by atoms with Crippen LogP contribution in [0.25, 0.3) is 0 Å². The molecule has 0 saturated carbocycles. The number of hydrogen-bond acceptors (Lipinski definition) is 3. The highest BCUT2D eigenvalue weighted by Crippen LogP contribution is 2.06. The lowest BCUT2D eigenvalue weighted by atomic mass is 10.1. The monoisotopic (exact) mass is 256 g/mol. The van der Waals surface area contributed by atoms with Crippen molar-refractivity contribution < 1.29 is 8.42 Å². The van der Waals surface area contributed by atoms with Gasteiger partial charge in [0.2, 0.25) is 10.0 Å². The van der Waals surface area contributed by atoms with E-state index in [1.165, 1.54) is 0 Å². The van der Waals surface area contributed by atoms with Gasteiger partial charge in [0, 0.05) is 12.1 Å². The molecule has 4 nitrogen and oxygen atoms in total. The Labute approximate surface area is 103 Å². The van der Waals surface area contributed by atoms with Gasteiger partial charge in [-0.25, -0.2) is 13.1 Å². The predicted molar refractivity (Wildman–Crippen MR) is 69.9 cm³/mol. The second-order valence-corrected chi connectivity index (χ2v) is 6.23. The van der Waals surface area contributed by atoms with Crippen LogP contribution in [0.15, 0.2) is 30.3 Å². The number of benzene rings is 1. The maximum absolute atomic E-state index is 11.8. The molecular weight excluding hydrogens is 236 g/mol. The first-order valence-electron chi connectivity index (χ1n) is 5.68. The molecule has 0 fully saturated rings. The van der Waals surface area contributed by atoms with Crippen LogP contribution >= 0.6 is 0 Å². The Morgan fingerprint density at radius 3 is 2.35 bits per heavy atom. The van der Waals surface area contributed by atoms with E-state index in [1.54, 1.807) is 12.1 Å². The quantitative estimate of drug-likeness (QED) is 0.804. The number of nitrogens with two attached hydrogens (primary N) is 1. The van der Waals surface area contributed by atoms with Crippen molar-refractivity contribution in [1.29, 1.82) is 0 Å². The Bertz CT molecular complexity index is 429. The van der Waals surface area contributed by atoms with E-state index >= 15 is 0 Å². The minimum absolute atomic E-state index is 0.00979.